The number of sulfonamides is 1. The van der Waals surface area contributed by atoms with Crippen LogP contribution in [0.15, 0.2) is 17.2 Å². The zero-order valence-electron chi connectivity index (χ0n) is 12.3. The maximum atomic E-state index is 12.2. The fourth-order valence-corrected chi connectivity index (χ4v) is 3.03. The molecular formula is C12H20ClN5O2S. The highest BCUT2D eigenvalue weighted by atomic mass is 35.5. The van der Waals surface area contributed by atoms with Crippen molar-refractivity contribution in [2.75, 3.05) is 20.1 Å². The number of aryl methyl sites for hydroxylation is 2. The first-order valence-corrected chi connectivity index (χ1v) is 7.87. The zero-order chi connectivity index (χ0) is 14.8. The van der Waals surface area contributed by atoms with Gasteiger partial charge >= 0.3 is 0 Å². The normalized spacial score (nSPS) is 11.6. The van der Waals surface area contributed by atoms with Crippen molar-refractivity contribution < 1.29 is 8.42 Å². The highest BCUT2D eigenvalue weighted by molar-refractivity contribution is 7.89. The van der Waals surface area contributed by atoms with E-state index in [-0.39, 0.29) is 17.3 Å². The number of hydrogen-bond acceptors (Lipinski definition) is 5. The van der Waals surface area contributed by atoms with E-state index in [1.165, 1.54) is 6.20 Å². The van der Waals surface area contributed by atoms with Crippen molar-refractivity contribution in [1.82, 2.24) is 24.8 Å². The van der Waals surface area contributed by atoms with E-state index in [4.69, 9.17) is 0 Å². The van der Waals surface area contributed by atoms with Crippen LogP contribution in [0.25, 0.3) is 11.0 Å². The van der Waals surface area contributed by atoms with Crippen LogP contribution in [0.2, 0.25) is 0 Å². The first-order chi connectivity index (χ1) is 9.45. The standard InChI is InChI=1S/C12H19N5O2S.ClH/c1-9-11-7-10(8-14-12(11)17(3)16-9)20(18,19)15-6-4-5-13-2;/h7-8,13,15H,4-6H2,1-3H3;1H. The molecule has 0 unspecified atom stereocenters. The molecule has 2 rings (SSSR count). The van der Waals surface area contributed by atoms with Crippen molar-refractivity contribution in [3.63, 3.8) is 0 Å². The molecule has 0 spiro atoms. The second-order valence-corrected chi connectivity index (χ2v) is 6.37. The highest BCUT2D eigenvalue weighted by Gasteiger charge is 2.16. The molecule has 2 aromatic heterocycles. The van der Waals surface area contributed by atoms with Crippen LogP contribution in [0.4, 0.5) is 0 Å². The molecule has 0 saturated carbocycles. The Hall–Kier alpha value is -1.22. The molecule has 0 fully saturated rings. The smallest absolute Gasteiger partial charge is 0.242 e. The summed E-state index contributed by atoms with van der Waals surface area (Å²) in [4.78, 5) is 4.35. The van der Waals surface area contributed by atoms with Crippen molar-refractivity contribution >= 4 is 33.5 Å². The highest BCUT2D eigenvalue weighted by Crippen LogP contribution is 2.19. The third-order valence-electron chi connectivity index (χ3n) is 3.04. The summed E-state index contributed by atoms with van der Waals surface area (Å²) in [6.07, 6.45) is 2.10. The average Bonchev–Trinajstić information content (AvgIpc) is 2.70. The maximum absolute atomic E-state index is 12.2. The molecule has 2 N–H and O–H groups in total. The summed E-state index contributed by atoms with van der Waals surface area (Å²) in [5, 5.41) is 7.96. The predicted octanol–water partition coefficient (Wildman–Crippen LogP) is 0.586. The molecule has 0 aromatic carbocycles. The van der Waals surface area contributed by atoms with Crippen molar-refractivity contribution in [1.29, 1.82) is 0 Å². The van der Waals surface area contributed by atoms with Gasteiger partial charge in [-0.05, 0) is 33.0 Å². The van der Waals surface area contributed by atoms with Gasteiger partial charge in [-0.2, -0.15) is 5.10 Å². The Morgan fingerprint density at radius 1 is 1.33 bits per heavy atom. The second-order valence-electron chi connectivity index (χ2n) is 4.61. The van der Waals surface area contributed by atoms with E-state index in [9.17, 15) is 8.42 Å². The Labute approximate surface area is 130 Å². The summed E-state index contributed by atoms with van der Waals surface area (Å²) in [6.45, 7) is 3.00. The average molecular weight is 334 g/mol. The minimum absolute atomic E-state index is 0. The molecule has 0 aliphatic heterocycles. The summed E-state index contributed by atoms with van der Waals surface area (Å²) in [6, 6.07) is 1.62. The lowest BCUT2D eigenvalue weighted by molar-refractivity contribution is 0.577. The number of nitrogens with one attached hydrogen (secondary N) is 2. The fourth-order valence-electron chi connectivity index (χ4n) is 1.99. The minimum atomic E-state index is -3.52. The van der Waals surface area contributed by atoms with Crippen LogP contribution < -0.4 is 10.0 Å². The Bertz CT molecular complexity index is 714. The lowest BCUT2D eigenvalue weighted by atomic mass is 10.3. The SMILES string of the molecule is CNCCCNS(=O)(=O)c1cnc2c(c1)c(C)nn2C.Cl. The lowest BCUT2D eigenvalue weighted by Gasteiger charge is -2.06. The van der Waals surface area contributed by atoms with Gasteiger partial charge in [-0.3, -0.25) is 4.68 Å². The molecular weight excluding hydrogens is 314 g/mol. The minimum Gasteiger partial charge on any atom is -0.320 e. The molecule has 0 aliphatic carbocycles. The summed E-state index contributed by atoms with van der Waals surface area (Å²) in [5.74, 6) is 0. The van der Waals surface area contributed by atoms with Gasteiger partial charge in [0, 0.05) is 25.2 Å². The van der Waals surface area contributed by atoms with E-state index >= 15 is 0 Å². The van der Waals surface area contributed by atoms with Crippen LogP contribution >= 0.6 is 12.4 Å². The maximum Gasteiger partial charge on any atom is 0.242 e. The summed E-state index contributed by atoms with van der Waals surface area (Å²) in [5.41, 5.74) is 1.44. The zero-order valence-corrected chi connectivity index (χ0v) is 13.9. The Morgan fingerprint density at radius 2 is 2.05 bits per heavy atom. The number of aromatic nitrogens is 3. The van der Waals surface area contributed by atoms with Gasteiger partial charge in [0.15, 0.2) is 5.65 Å². The van der Waals surface area contributed by atoms with Crippen LogP contribution in [0.1, 0.15) is 12.1 Å². The summed E-state index contributed by atoms with van der Waals surface area (Å²) in [7, 11) is 0.0981. The van der Waals surface area contributed by atoms with Crippen molar-refractivity contribution in [3.8, 4) is 0 Å². The predicted molar refractivity (Wildman–Crippen MR) is 84.2 cm³/mol. The van der Waals surface area contributed by atoms with Crippen LogP contribution in [-0.2, 0) is 17.1 Å². The third kappa shape index (κ3) is 3.91. The molecule has 7 nitrogen and oxygen atoms in total. The van der Waals surface area contributed by atoms with Gasteiger partial charge in [0.1, 0.15) is 4.90 Å². The Morgan fingerprint density at radius 3 is 2.71 bits per heavy atom. The topological polar surface area (TPSA) is 88.9 Å². The van der Waals surface area contributed by atoms with E-state index in [1.54, 1.807) is 17.8 Å². The molecule has 0 bridgehead atoms. The van der Waals surface area contributed by atoms with Crippen molar-refractivity contribution in [2.24, 2.45) is 7.05 Å². The van der Waals surface area contributed by atoms with E-state index in [0.717, 1.165) is 24.0 Å². The van der Waals surface area contributed by atoms with Crippen molar-refractivity contribution in [3.05, 3.63) is 18.0 Å². The molecule has 21 heavy (non-hydrogen) atoms. The number of halogens is 1. The number of hydrogen-bond donors (Lipinski definition) is 2. The monoisotopic (exact) mass is 333 g/mol. The van der Waals surface area contributed by atoms with E-state index in [0.29, 0.717) is 12.2 Å². The second kappa shape index (κ2) is 7.17. The Kier molecular flexibility index (Phi) is 6.09. The molecule has 0 aliphatic rings. The van der Waals surface area contributed by atoms with E-state index in [2.05, 4.69) is 20.1 Å². The van der Waals surface area contributed by atoms with Crippen LogP contribution in [0.3, 0.4) is 0 Å². The van der Waals surface area contributed by atoms with Gasteiger partial charge in [-0.1, -0.05) is 0 Å². The lowest BCUT2D eigenvalue weighted by Crippen LogP contribution is -2.26. The molecule has 0 amide bonds. The number of fused-ring (bicyclic) bond motifs is 1. The Balaban J connectivity index is 0.00000220. The largest absolute Gasteiger partial charge is 0.320 e. The third-order valence-corrected chi connectivity index (χ3v) is 4.47. The quantitative estimate of drug-likeness (QED) is 0.755. The molecule has 0 saturated heterocycles. The van der Waals surface area contributed by atoms with Gasteiger partial charge < -0.3 is 5.32 Å². The van der Waals surface area contributed by atoms with E-state index in [1.807, 2.05) is 14.0 Å². The molecule has 0 atom stereocenters. The molecule has 9 heteroatoms. The number of pyridine rings is 1. The van der Waals surface area contributed by atoms with Crippen molar-refractivity contribution in [2.45, 2.75) is 18.2 Å². The molecule has 2 aromatic rings. The van der Waals surface area contributed by atoms with Gasteiger partial charge in [-0.25, -0.2) is 18.1 Å². The fraction of sp³-hybridized carbons (Fsp3) is 0.500. The van der Waals surface area contributed by atoms with Crippen LogP contribution in [-0.4, -0.2) is 43.3 Å². The first-order valence-electron chi connectivity index (χ1n) is 6.39. The van der Waals surface area contributed by atoms with E-state index < -0.39 is 10.0 Å². The van der Waals surface area contributed by atoms with Gasteiger partial charge in [0.05, 0.1) is 5.69 Å². The van der Waals surface area contributed by atoms with Gasteiger partial charge in [-0.15, -0.1) is 12.4 Å². The summed E-state index contributed by atoms with van der Waals surface area (Å²) >= 11 is 0. The van der Waals surface area contributed by atoms with Gasteiger partial charge in [0.2, 0.25) is 10.0 Å². The van der Waals surface area contributed by atoms with Crippen LogP contribution in [0, 0.1) is 6.92 Å². The van der Waals surface area contributed by atoms with Gasteiger partial charge in [0.25, 0.3) is 0 Å². The first kappa shape index (κ1) is 17.8. The summed E-state index contributed by atoms with van der Waals surface area (Å²) < 4.78 is 28.5. The number of nitrogens with zero attached hydrogens (tertiary/aromatic N) is 3. The molecule has 118 valence electrons. The molecule has 0 radical (unpaired) electrons. The number of rotatable bonds is 6. The van der Waals surface area contributed by atoms with Crippen LogP contribution in [0.5, 0.6) is 0 Å². The molecule has 2 heterocycles.